The summed E-state index contributed by atoms with van der Waals surface area (Å²) >= 11 is 3.19. The number of rotatable bonds is 2. The average Bonchev–Trinajstić information content (AvgIpc) is 2.03. The summed E-state index contributed by atoms with van der Waals surface area (Å²) in [5.74, 6) is -0.974. The molecule has 1 aromatic rings. The Bertz CT molecular complexity index is 334. The molecule has 0 fully saturated rings. The van der Waals surface area contributed by atoms with E-state index >= 15 is 0 Å². The molecule has 0 saturated heterocycles. The molecule has 4 heteroatoms. The van der Waals surface area contributed by atoms with Crippen molar-refractivity contribution in [1.82, 2.24) is 0 Å². The van der Waals surface area contributed by atoms with Gasteiger partial charge in [-0.3, -0.25) is 0 Å². The van der Waals surface area contributed by atoms with E-state index < -0.39 is 12.1 Å². The second-order valence-corrected chi connectivity index (χ2v) is 3.57. The van der Waals surface area contributed by atoms with Crippen LogP contribution in [-0.4, -0.2) is 16.2 Å². The Morgan fingerprint density at radius 3 is 2.54 bits per heavy atom. The summed E-state index contributed by atoms with van der Waals surface area (Å²) in [4.78, 5) is 10.6. The van der Waals surface area contributed by atoms with Crippen molar-refractivity contribution in [3.8, 4) is 0 Å². The maximum absolute atomic E-state index is 10.6. The van der Waals surface area contributed by atoms with Crippen molar-refractivity contribution in [2.75, 3.05) is 0 Å². The monoisotopic (exact) mass is 244 g/mol. The van der Waals surface area contributed by atoms with Crippen molar-refractivity contribution in [1.29, 1.82) is 0 Å². The minimum Gasteiger partial charge on any atom is -0.478 e. The Hall–Kier alpha value is -0.870. The van der Waals surface area contributed by atoms with E-state index in [-0.39, 0.29) is 5.56 Å². The van der Waals surface area contributed by atoms with Gasteiger partial charge >= 0.3 is 5.97 Å². The van der Waals surface area contributed by atoms with Gasteiger partial charge in [0.25, 0.3) is 0 Å². The van der Waals surface area contributed by atoms with E-state index in [4.69, 9.17) is 5.11 Å². The Morgan fingerprint density at radius 2 is 2.15 bits per heavy atom. The number of carbonyl (C=O) groups is 1. The molecule has 0 bridgehead atoms. The second-order valence-electron chi connectivity index (χ2n) is 2.72. The van der Waals surface area contributed by atoms with Crippen LogP contribution >= 0.6 is 15.9 Å². The SMILES string of the molecule is CC(O)c1ccc(C(=O)O)cc1Br. The van der Waals surface area contributed by atoms with Crippen LogP contribution in [0.15, 0.2) is 22.7 Å². The molecular weight excluding hydrogens is 236 g/mol. The lowest BCUT2D eigenvalue weighted by Crippen LogP contribution is -1.99. The molecule has 0 radical (unpaired) electrons. The van der Waals surface area contributed by atoms with E-state index in [2.05, 4.69) is 15.9 Å². The van der Waals surface area contributed by atoms with Gasteiger partial charge in [0.2, 0.25) is 0 Å². The fourth-order valence-electron chi connectivity index (χ4n) is 0.999. The maximum Gasteiger partial charge on any atom is 0.335 e. The summed E-state index contributed by atoms with van der Waals surface area (Å²) in [6.45, 7) is 1.63. The van der Waals surface area contributed by atoms with Gasteiger partial charge in [0, 0.05) is 4.47 Å². The van der Waals surface area contributed by atoms with E-state index in [1.54, 1.807) is 13.0 Å². The molecule has 0 aliphatic rings. The number of aliphatic hydroxyl groups is 1. The molecule has 0 aliphatic carbocycles. The van der Waals surface area contributed by atoms with Gasteiger partial charge < -0.3 is 10.2 Å². The molecule has 0 amide bonds. The number of hydrogen-bond donors (Lipinski definition) is 2. The van der Waals surface area contributed by atoms with Crippen molar-refractivity contribution in [2.45, 2.75) is 13.0 Å². The molecule has 1 aromatic carbocycles. The Labute approximate surface area is 84.1 Å². The molecule has 0 spiro atoms. The number of benzene rings is 1. The molecule has 13 heavy (non-hydrogen) atoms. The highest BCUT2D eigenvalue weighted by atomic mass is 79.9. The van der Waals surface area contributed by atoms with Crippen LogP contribution in [0.4, 0.5) is 0 Å². The third-order valence-electron chi connectivity index (χ3n) is 1.70. The molecule has 0 aliphatic heterocycles. The van der Waals surface area contributed by atoms with Crippen LogP contribution in [0.3, 0.4) is 0 Å². The summed E-state index contributed by atoms with van der Waals surface area (Å²) in [7, 11) is 0. The number of hydrogen-bond acceptors (Lipinski definition) is 2. The van der Waals surface area contributed by atoms with Gasteiger partial charge in [0.05, 0.1) is 11.7 Å². The number of halogens is 1. The normalized spacial score (nSPS) is 12.5. The average molecular weight is 245 g/mol. The first-order valence-electron chi connectivity index (χ1n) is 3.73. The lowest BCUT2D eigenvalue weighted by atomic mass is 10.1. The van der Waals surface area contributed by atoms with E-state index in [0.717, 1.165) is 0 Å². The smallest absolute Gasteiger partial charge is 0.335 e. The van der Waals surface area contributed by atoms with E-state index in [1.165, 1.54) is 12.1 Å². The first-order chi connectivity index (χ1) is 6.02. The Kier molecular flexibility index (Phi) is 3.06. The zero-order valence-electron chi connectivity index (χ0n) is 6.99. The van der Waals surface area contributed by atoms with Crippen LogP contribution in [0.2, 0.25) is 0 Å². The highest BCUT2D eigenvalue weighted by Gasteiger charge is 2.09. The fraction of sp³-hybridized carbons (Fsp3) is 0.222. The molecule has 3 nitrogen and oxygen atoms in total. The highest BCUT2D eigenvalue weighted by molar-refractivity contribution is 9.10. The Balaban J connectivity index is 3.13. The highest BCUT2D eigenvalue weighted by Crippen LogP contribution is 2.24. The number of aliphatic hydroxyl groups excluding tert-OH is 1. The largest absolute Gasteiger partial charge is 0.478 e. The first kappa shape index (κ1) is 10.2. The summed E-state index contributed by atoms with van der Waals surface area (Å²) in [6, 6.07) is 4.54. The minimum absolute atomic E-state index is 0.205. The molecule has 2 N–H and O–H groups in total. The summed E-state index contributed by atoms with van der Waals surface area (Å²) in [5.41, 5.74) is 0.890. The van der Waals surface area contributed by atoms with Crippen LogP contribution in [-0.2, 0) is 0 Å². The Morgan fingerprint density at radius 1 is 1.54 bits per heavy atom. The standard InChI is InChI=1S/C9H9BrO3/c1-5(11)7-3-2-6(9(12)13)4-8(7)10/h2-5,11H,1H3,(H,12,13). The van der Waals surface area contributed by atoms with Crippen LogP contribution in [0, 0.1) is 0 Å². The van der Waals surface area contributed by atoms with Crippen LogP contribution in [0.1, 0.15) is 28.9 Å². The van der Waals surface area contributed by atoms with Crippen molar-refractivity contribution < 1.29 is 15.0 Å². The zero-order chi connectivity index (χ0) is 10.0. The molecule has 1 atom stereocenters. The predicted octanol–water partition coefficient (Wildman–Crippen LogP) is 2.20. The van der Waals surface area contributed by atoms with Crippen LogP contribution < -0.4 is 0 Å². The molecule has 70 valence electrons. The second kappa shape index (κ2) is 3.89. The van der Waals surface area contributed by atoms with Crippen molar-refractivity contribution in [3.05, 3.63) is 33.8 Å². The van der Waals surface area contributed by atoms with Gasteiger partial charge in [-0.05, 0) is 24.6 Å². The number of carboxylic acids is 1. The van der Waals surface area contributed by atoms with Gasteiger partial charge in [0.15, 0.2) is 0 Å². The van der Waals surface area contributed by atoms with Crippen molar-refractivity contribution in [2.24, 2.45) is 0 Å². The summed E-state index contributed by atoms with van der Waals surface area (Å²) in [6.07, 6.45) is -0.600. The topological polar surface area (TPSA) is 57.5 Å². The number of carboxylic acid groups (broad SMARTS) is 1. The third-order valence-corrected chi connectivity index (χ3v) is 2.38. The predicted molar refractivity (Wildman–Crippen MR) is 51.7 cm³/mol. The number of aromatic carboxylic acids is 1. The van der Waals surface area contributed by atoms with Gasteiger partial charge in [-0.1, -0.05) is 22.0 Å². The maximum atomic E-state index is 10.6. The van der Waals surface area contributed by atoms with Gasteiger partial charge in [-0.15, -0.1) is 0 Å². The van der Waals surface area contributed by atoms with Crippen molar-refractivity contribution in [3.63, 3.8) is 0 Å². The van der Waals surface area contributed by atoms with Gasteiger partial charge in [-0.2, -0.15) is 0 Å². The zero-order valence-corrected chi connectivity index (χ0v) is 8.58. The van der Waals surface area contributed by atoms with E-state index in [9.17, 15) is 9.90 Å². The molecule has 0 saturated carbocycles. The quantitative estimate of drug-likeness (QED) is 0.839. The molecule has 1 rings (SSSR count). The van der Waals surface area contributed by atoms with E-state index in [0.29, 0.717) is 10.0 Å². The van der Waals surface area contributed by atoms with Gasteiger partial charge in [-0.25, -0.2) is 4.79 Å². The minimum atomic E-state index is -0.974. The molecule has 0 heterocycles. The summed E-state index contributed by atoms with van der Waals surface area (Å²) < 4.78 is 0.613. The molecular formula is C9H9BrO3. The lowest BCUT2D eigenvalue weighted by Gasteiger charge is -2.07. The molecule has 1 unspecified atom stereocenters. The lowest BCUT2D eigenvalue weighted by molar-refractivity contribution is 0.0696. The van der Waals surface area contributed by atoms with E-state index in [1.807, 2.05) is 0 Å². The first-order valence-corrected chi connectivity index (χ1v) is 4.52. The molecule has 0 aromatic heterocycles. The van der Waals surface area contributed by atoms with Crippen LogP contribution in [0.5, 0.6) is 0 Å². The fourth-order valence-corrected chi connectivity index (χ4v) is 1.71. The van der Waals surface area contributed by atoms with Crippen LogP contribution in [0.25, 0.3) is 0 Å². The van der Waals surface area contributed by atoms with Crippen molar-refractivity contribution >= 4 is 21.9 Å². The van der Waals surface area contributed by atoms with Gasteiger partial charge in [0.1, 0.15) is 0 Å². The third kappa shape index (κ3) is 2.29. The summed E-state index contributed by atoms with van der Waals surface area (Å²) in [5, 5.41) is 17.9.